The second-order valence-electron chi connectivity index (χ2n) is 8.19. The zero-order chi connectivity index (χ0) is 22.8. The molecule has 166 valence electrons. The highest BCUT2D eigenvalue weighted by Crippen LogP contribution is 2.44. The Hall–Kier alpha value is -4.06. The van der Waals surface area contributed by atoms with Gasteiger partial charge in [0.1, 0.15) is 6.61 Å². The second-order valence-corrected chi connectivity index (χ2v) is 8.19. The van der Waals surface area contributed by atoms with Crippen molar-refractivity contribution in [3.05, 3.63) is 95.7 Å². The minimum absolute atomic E-state index is 0.0464. The lowest BCUT2D eigenvalue weighted by molar-refractivity contribution is 0.0697. The molecule has 0 unspecified atom stereocenters. The largest absolute Gasteiger partial charge is 0.478 e. The number of carbonyl (C=O) groups excluding carboxylic acids is 1. The Labute approximate surface area is 191 Å². The normalized spacial score (nSPS) is 12.4. The number of nitrogens with one attached hydrogen (secondary N) is 1. The van der Waals surface area contributed by atoms with Crippen LogP contribution in [0.3, 0.4) is 0 Å². The van der Waals surface area contributed by atoms with E-state index in [-0.39, 0.29) is 11.5 Å². The van der Waals surface area contributed by atoms with Gasteiger partial charge in [-0.15, -0.1) is 0 Å². The van der Waals surface area contributed by atoms with Crippen molar-refractivity contribution < 1.29 is 19.4 Å². The maximum absolute atomic E-state index is 12.3. The standard InChI is InChI=1S/C27H24N2O4/c30-26(31)19-10-11-25-18(16-19)12-15-29(25)14-5-13-28-27(32)33-17-24-22-8-3-1-6-20(22)21-7-2-4-9-23(21)24/h1-4,6-12,15-16,24H,5,13-14,17H2,(H,28,32)(H,30,31). The third-order valence-electron chi connectivity index (χ3n) is 6.21. The molecule has 6 heteroatoms. The molecular formula is C27H24N2O4. The highest BCUT2D eigenvalue weighted by Gasteiger charge is 2.28. The average Bonchev–Trinajstić information content (AvgIpc) is 3.39. The van der Waals surface area contributed by atoms with E-state index in [1.807, 2.05) is 42.6 Å². The zero-order valence-electron chi connectivity index (χ0n) is 18.0. The lowest BCUT2D eigenvalue weighted by atomic mass is 9.98. The number of carbonyl (C=O) groups is 2. The van der Waals surface area contributed by atoms with Crippen LogP contribution in [0.1, 0.15) is 33.8 Å². The van der Waals surface area contributed by atoms with Crippen LogP contribution >= 0.6 is 0 Å². The van der Waals surface area contributed by atoms with Crippen molar-refractivity contribution >= 4 is 23.0 Å². The van der Waals surface area contributed by atoms with Crippen molar-refractivity contribution in [1.82, 2.24) is 9.88 Å². The number of hydrogen-bond donors (Lipinski definition) is 2. The van der Waals surface area contributed by atoms with Crippen molar-refractivity contribution in [1.29, 1.82) is 0 Å². The van der Waals surface area contributed by atoms with E-state index in [4.69, 9.17) is 9.84 Å². The van der Waals surface area contributed by atoms with E-state index < -0.39 is 12.1 Å². The molecule has 2 N–H and O–H groups in total. The van der Waals surface area contributed by atoms with Crippen LogP contribution in [0.15, 0.2) is 79.0 Å². The van der Waals surface area contributed by atoms with E-state index >= 15 is 0 Å². The summed E-state index contributed by atoms with van der Waals surface area (Å²) in [4.78, 5) is 23.4. The SMILES string of the molecule is O=C(NCCCn1ccc2cc(C(=O)O)ccc21)OCC1c2ccccc2-c2ccccc21. The first kappa shape index (κ1) is 20.8. The van der Waals surface area contributed by atoms with Crippen molar-refractivity contribution in [3.8, 4) is 11.1 Å². The van der Waals surface area contributed by atoms with Gasteiger partial charge < -0.3 is 19.7 Å². The molecule has 0 saturated heterocycles. The summed E-state index contributed by atoms with van der Waals surface area (Å²) < 4.78 is 7.63. The molecule has 3 aromatic carbocycles. The summed E-state index contributed by atoms with van der Waals surface area (Å²) >= 11 is 0. The van der Waals surface area contributed by atoms with Crippen molar-refractivity contribution in [2.75, 3.05) is 13.2 Å². The highest BCUT2D eigenvalue weighted by atomic mass is 16.5. The van der Waals surface area contributed by atoms with Crippen LogP contribution in [0.2, 0.25) is 0 Å². The van der Waals surface area contributed by atoms with Crippen molar-refractivity contribution in [2.45, 2.75) is 18.9 Å². The summed E-state index contributed by atoms with van der Waals surface area (Å²) in [7, 11) is 0. The molecule has 0 fully saturated rings. The lowest BCUT2D eigenvalue weighted by Gasteiger charge is -2.14. The van der Waals surface area contributed by atoms with E-state index in [0.29, 0.717) is 19.7 Å². The van der Waals surface area contributed by atoms with Crippen LogP contribution in [0, 0.1) is 0 Å². The number of fused-ring (bicyclic) bond motifs is 4. The molecule has 1 aliphatic carbocycles. The predicted molar refractivity (Wildman–Crippen MR) is 127 cm³/mol. The molecule has 6 nitrogen and oxygen atoms in total. The van der Waals surface area contributed by atoms with Crippen LogP contribution in [0.4, 0.5) is 4.79 Å². The van der Waals surface area contributed by atoms with Gasteiger partial charge in [-0.2, -0.15) is 0 Å². The number of benzene rings is 3. The first-order chi connectivity index (χ1) is 16.1. The maximum atomic E-state index is 12.3. The number of ether oxygens (including phenoxy) is 1. The summed E-state index contributed by atoms with van der Waals surface area (Å²) in [6.45, 7) is 1.50. The Bertz CT molecular complexity index is 1300. The molecule has 0 aliphatic heterocycles. The van der Waals surface area contributed by atoms with E-state index in [0.717, 1.165) is 17.3 Å². The monoisotopic (exact) mass is 440 g/mol. The molecule has 1 aromatic heterocycles. The number of hydrogen-bond acceptors (Lipinski definition) is 3. The summed E-state index contributed by atoms with van der Waals surface area (Å²) in [6, 6.07) is 23.5. The van der Waals surface area contributed by atoms with Gasteiger partial charge in [0.25, 0.3) is 0 Å². The first-order valence-electron chi connectivity index (χ1n) is 11.0. The minimum atomic E-state index is -0.933. The van der Waals surface area contributed by atoms with Gasteiger partial charge in [0.2, 0.25) is 0 Å². The molecule has 0 radical (unpaired) electrons. The quantitative estimate of drug-likeness (QED) is 0.384. The van der Waals surface area contributed by atoms with Gasteiger partial charge in [-0.1, -0.05) is 48.5 Å². The second kappa shape index (κ2) is 8.82. The van der Waals surface area contributed by atoms with E-state index in [1.165, 1.54) is 22.3 Å². The van der Waals surface area contributed by atoms with Crippen LogP contribution in [-0.4, -0.2) is 34.9 Å². The Kier molecular flexibility index (Phi) is 5.57. The van der Waals surface area contributed by atoms with Gasteiger partial charge in [-0.25, -0.2) is 9.59 Å². The molecule has 33 heavy (non-hydrogen) atoms. The fourth-order valence-corrected chi connectivity index (χ4v) is 4.62. The third-order valence-corrected chi connectivity index (χ3v) is 6.21. The summed E-state index contributed by atoms with van der Waals surface area (Å²) in [5.41, 5.74) is 6.04. The molecular weight excluding hydrogens is 416 g/mol. The number of carboxylic acids is 1. The summed E-state index contributed by atoms with van der Waals surface area (Å²) in [6.07, 6.45) is 2.25. The molecule has 0 bridgehead atoms. The number of nitrogens with zero attached hydrogens (tertiary/aromatic N) is 1. The van der Waals surface area contributed by atoms with Gasteiger partial charge in [0, 0.05) is 36.1 Å². The number of amides is 1. The van der Waals surface area contributed by atoms with E-state index in [1.54, 1.807) is 12.1 Å². The van der Waals surface area contributed by atoms with E-state index in [9.17, 15) is 9.59 Å². The molecule has 0 saturated carbocycles. The first-order valence-corrected chi connectivity index (χ1v) is 11.0. The lowest BCUT2D eigenvalue weighted by Crippen LogP contribution is -2.27. The number of aryl methyl sites for hydroxylation is 1. The maximum Gasteiger partial charge on any atom is 0.407 e. The van der Waals surface area contributed by atoms with Crippen LogP contribution in [-0.2, 0) is 11.3 Å². The molecule has 5 rings (SSSR count). The third kappa shape index (κ3) is 4.07. The van der Waals surface area contributed by atoms with Crippen LogP contribution in [0.5, 0.6) is 0 Å². The fraction of sp³-hybridized carbons (Fsp3) is 0.185. The number of carboxylic acid groups (broad SMARTS) is 1. The molecule has 1 amide bonds. The molecule has 0 atom stereocenters. The number of aromatic carboxylic acids is 1. The van der Waals surface area contributed by atoms with Gasteiger partial charge >= 0.3 is 12.1 Å². The van der Waals surface area contributed by atoms with Gasteiger partial charge in [0.15, 0.2) is 0 Å². The topological polar surface area (TPSA) is 80.6 Å². The highest BCUT2D eigenvalue weighted by molar-refractivity contribution is 5.93. The molecule has 1 aliphatic rings. The average molecular weight is 440 g/mol. The Morgan fingerprint density at radius 3 is 2.33 bits per heavy atom. The molecule has 4 aromatic rings. The van der Waals surface area contributed by atoms with Gasteiger partial charge in [-0.05, 0) is 52.9 Å². The number of alkyl carbamates (subject to hydrolysis) is 1. The number of aromatic nitrogens is 1. The fourth-order valence-electron chi connectivity index (χ4n) is 4.62. The number of rotatable bonds is 7. The predicted octanol–water partition coefficient (Wildman–Crippen LogP) is 5.27. The Balaban J connectivity index is 1.13. The van der Waals surface area contributed by atoms with Gasteiger partial charge in [0.05, 0.1) is 5.56 Å². The van der Waals surface area contributed by atoms with Crippen molar-refractivity contribution in [3.63, 3.8) is 0 Å². The zero-order valence-corrected chi connectivity index (χ0v) is 18.0. The minimum Gasteiger partial charge on any atom is -0.478 e. The molecule has 0 spiro atoms. The molecule has 1 heterocycles. The van der Waals surface area contributed by atoms with Crippen LogP contribution < -0.4 is 5.32 Å². The van der Waals surface area contributed by atoms with Crippen LogP contribution in [0.25, 0.3) is 22.0 Å². The van der Waals surface area contributed by atoms with Crippen molar-refractivity contribution in [2.24, 2.45) is 0 Å². The summed E-state index contributed by atoms with van der Waals surface area (Å²) in [5, 5.41) is 12.9. The van der Waals surface area contributed by atoms with E-state index in [2.05, 4.69) is 34.1 Å². The van der Waals surface area contributed by atoms with Gasteiger partial charge in [-0.3, -0.25) is 0 Å². The summed E-state index contributed by atoms with van der Waals surface area (Å²) in [5.74, 6) is -0.887. The Morgan fingerprint density at radius 2 is 1.64 bits per heavy atom. The Morgan fingerprint density at radius 1 is 0.939 bits per heavy atom. The smallest absolute Gasteiger partial charge is 0.407 e.